The average molecular weight is 451 g/mol. The largest absolute Gasteiger partial charge is 0.352 e. The van der Waals surface area contributed by atoms with Gasteiger partial charge in [0.2, 0.25) is 5.91 Å². The first-order valence-electron chi connectivity index (χ1n) is 9.17. The maximum atomic E-state index is 12.3. The summed E-state index contributed by atoms with van der Waals surface area (Å²) in [6.07, 6.45) is 6.80. The van der Waals surface area contributed by atoms with E-state index >= 15 is 0 Å². The van der Waals surface area contributed by atoms with Crippen LogP contribution in [0.2, 0.25) is 10.0 Å². The predicted octanol–water partition coefficient (Wildman–Crippen LogP) is 5.16. The lowest BCUT2D eigenvalue weighted by Gasteiger charge is -2.23. The molecular formula is C19H26Cl3N3OS. The van der Waals surface area contributed by atoms with Crippen LogP contribution in [0.1, 0.15) is 44.1 Å². The number of nitrogens with zero attached hydrogens (tertiary/aromatic N) is 2. The molecule has 1 aliphatic carbocycles. The minimum absolute atomic E-state index is 0. The molecule has 0 bridgehead atoms. The molecule has 1 unspecified atom stereocenters. The Labute approximate surface area is 181 Å². The number of carbonyl (C=O) groups is 1. The van der Waals surface area contributed by atoms with Crippen LogP contribution in [-0.4, -0.2) is 40.9 Å². The Kier molecular flexibility index (Phi) is 9.06. The number of thioether (sulfide) groups is 1. The average Bonchev–Trinajstić information content (AvgIpc) is 2.97. The SMILES string of the molecule is CN1/C(=N/C2CCCCC2)SCC1CC(=O)NCc1ccc(Cl)c(Cl)c1.Cl. The first-order valence-corrected chi connectivity index (χ1v) is 10.9. The Morgan fingerprint density at radius 3 is 2.70 bits per heavy atom. The standard InChI is InChI=1S/C19H25Cl2N3OS.ClH/c1-24-15(12-26-19(24)23-14-5-3-2-4-6-14)10-18(25)22-11-13-7-8-16(20)17(21)9-13;/h7-9,14-15H,2-6,10-12H2,1H3,(H,22,25);1H/b23-19-;. The van der Waals surface area contributed by atoms with Gasteiger partial charge in [-0.25, -0.2) is 0 Å². The molecule has 0 spiro atoms. The molecule has 1 aliphatic heterocycles. The molecule has 1 N–H and O–H groups in total. The normalized spacial score (nSPS) is 22.0. The number of amides is 1. The number of hydrogen-bond acceptors (Lipinski definition) is 3. The van der Waals surface area contributed by atoms with Gasteiger partial charge < -0.3 is 10.2 Å². The summed E-state index contributed by atoms with van der Waals surface area (Å²) in [7, 11) is 2.05. The molecule has 1 aromatic rings. The number of benzene rings is 1. The van der Waals surface area contributed by atoms with E-state index in [1.807, 2.05) is 6.07 Å². The zero-order valence-corrected chi connectivity index (χ0v) is 18.6. The molecule has 3 rings (SSSR count). The monoisotopic (exact) mass is 449 g/mol. The number of amidine groups is 1. The second-order valence-electron chi connectivity index (χ2n) is 7.01. The summed E-state index contributed by atoms with van der Waals surface area (Å²) in [5.74, 6) is 0.967. The van der Waals surface area contributed by atoms with Gasteiger partial charge in [0.25, 0.3) is 0 Å². The fraction of sp³-hybridized carbons (Fsp3) is 0.579. The molecule has 1 saturated carbocycles. The smallest absolute Gasteiger partial charge is 0.222 e. The van der Waals surface area contributed by atoms with E-state index in [1.165, 1.54) is 32.1 Å². The van der Waals surface area contributed by atoms with E-state index in [0.717, 1.165) is 16.5 Å². The molecule has 1 aromatic carbocycles. The Balaban J connectivity index is 0.00000261. The minimum Gasteiger partial charge on any atom is -0.352 e. The molecular weight excluding hydrogens is 425 g/mol. The van der Waals surface area contributed by atoms with Crippen LogP contribution in [0.15, 0.2) is 23.2 Å². The molecule has 1 saturated heterocycles. The van der Waals surface area contributed by atoms with Crippen LogP contribution >= 0.6 is 47.4 Å². The topological polar surface area (TPSA) is 44.7 Å². The van der Waals surface area contributed by atoms with Gasteiger partial charge in [-0.05, 0) is 30.5 Å². The third kappa shape index (κ3) is 6.45. The van der Waals surface area contributed by atoms with Crippen molar-refractivity contribution in [3.63, 3.8) is 0 Å². The number of rotatable bonds is 5. The summed E-state index contributed by atoms with van der Waals surface area (Å²) in [5.41, 5.74) is 0.946. The number of hydrogen-bond donors (Lipinski definition) is 1. The van der Waals surface area contributed by atoms with Crippen molar-refractivity contribution in [3.8, 4) is 0 Å². The Hall–Kier alpha value is -0.620. The van der Waals surface area contributed by atoms with Crippen molar-refractivity contribution >= 4 is 58.4 Å². The predicted molar refractivity (Wildman–Crippen MR) is 118 cm³/mol. The highest BCUT2D eigenvalue weighted by atomic mass is 35.5. The summed E-state index contributed by atoms with van der Waals surface area (Å²) in [5, 5.41) is 5.10. The maximum Gasteiger partial charge on any atom is 0.222 e. The number of carbonyl (C=O) groups excluding carboxylic acids is 1. The maximum absolute atomic E-state index is 12.3. The summed E-state index contributed by atoms with van der Waals surface area (Å²) < 4.78 is 0. The van der Waals surface area contributed by atoms with Crippen molar-refractivity contribution in [2.75, 3.05) is 12.8 Å². The van der Waals surface area contributed by atoms with Crippen LogP contribution in [0.25, 0.3) is 0 Å². The van der Waals surface area contributed by atoms with Crippen LogP contribution in [0, 0.1) is 0 Å². The summed E-state index contributed by atoms with van der Waals surface area (Å²) in [4.78, 5) is 19.4. The minimum atomic E-state index is 0. The first kappa shape index (κ1) is 22.7. The van der Waals surface area contributed by atoms with Gasteiger partial charge in [-0.1, -0.05) is 60.3 Å². The Morgan fingerprint density at radius 2 is 2.00 bits per heavy atom. The molecule has 4 nitrogen and oxygen atoms in total. The van der Waals surface area contributed by atoms with Crippen molar-refractivity contribution in [2.45, 2.75) is 57.2 Å². The van der Waals surface area contributed by atoms with E-state index in [0.29, 0.717) is 29.1 Å². The summed E-state index contributed by atoms with van der Waals surface area (Å²) in [6, 6.07) is 6.09. The fourth-order valence-electron chi connectivity index (χ4n) is 3.37. The van der Waals surface area contributed by atoms with E-state index in [1.54, 1.807) is 23.9 Å². The summed E-state index contributed by atoms with van der Waals surface area (Å²) >= 11 is 13.7. The van der Waals surface area contributed by atoms with E-state index < -0.39 is 0 Å². The zero-order chi connectivity index (χ0) is 18.5. The van der Waals surface area contributed by atoms with Crippen molar-refractivity contribution in [1.82, 2.24) is 10.2 Å². The molecule has 1 heterocycles. The molecule has 2 fully saturated rings. The highest BCUT2D eigenvalue weighted by Gasteiger charge is 2.29. The third-order valence-corrected chi connectivity index (χ3v) is 6.96. The Bertz CT molecular complexity index is 680. The van der Waals surface area contributed by atoms with E-state index in [9.17, 15) is 4.79 Å². The molecule has 0 aromatic heterocycles. The van der Waals surface area contributed by atoms with Gasteiger partial charge in [-0.3, -0.25) is 9.79 Å². The Morgan fingerprint density at radius 1 is 1.26 bits per heavy atom. The van der Waals surface area contributed by atoms with Crippen molar-refractivity contribution in [3.05, 3.63) is 33.8 Å². The van der Waals surface area contributed by atoms with Gasteiger partial charge in [-0.2, -0.15) is 0 Å². The van der Waals surface area contributed by atoms with E-state index in [-0.39, 0.29) is 24.4 Å². The van der Waals surface area contributed by atoms with Crippen LogP contribution in [0.3, 0.4) is 0 Å². The molecule has 27 heavy (non-hydrogen) atoms. The van der Waals surface area contributed by atoms with Gasteiger partial charge in [0.05, 0.1) is 16.1 Å². The highest BCUT2D eigenvalue weighted by Crippen LogP contribution is 2.28. The first-order chi connectivity index (χ1) is 12.5. The van der Waals surface area contributed by atoms with Crippen LogP contribution < -0.4 is 5.32 Å². The molecule has 8 heteroatoms. The molecule has 1 atom stereocenters. The molecule has 0 radical (unpaired) electrons. The highest BCUT2D eigenvalue weighted by molar-refractivity contribution is 8.14. The number of aliphatic imine (C=N–C) groups is 1. The summed E-state index contributed by atoms with van der Waals surface area (Å²) in [6.45, 7) is 0.461. The van der Waals surface area contributed by atoms with Gasteiger partial charge in [0.1, 0.15) is 0 Å². The second-order valence-corrected chi connectivity index (χ2v) is 8.81. The lowest BCUT2D eigenvalue weighted by molar-refractivity contribution is -0.121. The van der Waals surface area contributed by atoms with Gasteiger partial charge in [0.15, 0.2) is 5.17 Å². The second kappa shape index (κ2) is 10.8. The van der Waals surface area contributed by atoms with Gasteiger partial charge in [-0.15, -0.1) is 12.4 Å². The number of halogens is 3. The zero-order valence-electron chi connectivity index (χ0n) is 15.4. The fourth-order valence-corrected chi connectivity index (χ4v) is 4.95. The van der Waals surface area contributed by atoms with Gasteiger partial charge >= 0.3 is 0 Å². The number of nitrogens with one attached hydrogen (secondary N) is 1. The van der Waals surface area contributed by atoms with Crippen molar-refractivity contribution in [2.24, 2.45) is 4.99 Å². The van der Waals surface area contributed by atoms with Crippen LogP contribution in [0.4, 0.5) is 0 Å². The van der Waals surface area contributed by atoms with Crippen molar-refractivity contribution < 1.29 is 4.79 Å². The lowest BCUT2D eigenvalue weighted by Crippen LogP contribution is -2.36. The van der Waals surface area contributed by atoms with Crippen molar-refractivity contribution in [1.29, 1.82) is 0 Å². The quantitative estimate of drug-likeness (QED) is 0.674. The van der Waals surface area contributed by atoms with Crippen LogP contribution in [-0.2, 0) is 11.3 Å². The molecule has 1 amide bonds. The van der Waals surface area contributed by atoms with Gasteiger partial charge in [0, 0.05) is 31.8 Å². The van der Waals surface area contributed by atoms with Crippen LogP contribution in [0.5, 0.6) is 0 Å². The lowest BCUT2D eigenvalue weighted by atomic mass is 9.96. The van der Waals surface area contributed by atoms with E-state index in [2.05, 4.69) is 17.3 Å². The molecule has 2 aliphatic rings. The third-order valence-electron chi connectivity index (χ3n) is 5.02. The van der Waals surface area contributed by atoms with E-state index in [4.69, 9.17) is 28.2 Å². The molecule has 150 valence electrons.